The number of carbonyl (C=O) groups is 2. The normalized spacial score (nSPS) is 19.1. The monoisotopic (exact) mass is 458 g/mol. The van der Waals surface area contributed by atoms with Gasteiger partial charge in [-0.15, -0.1) is 24.8 Å². The van der Waals surface area contributed by atoms with E-state index in [1.165, 1.54) is 12.8 Å². The van der Waals surface area contributed by atoms with Crippen molar-refractivity contribution < 1.29 is 9.59 Å². The summed E-state index contributed by atoms with van der Waals surface area (Å²) >= 11 is 0. The smallest absolute Gasteiger partial charge is 0.238 e. The molecule has 2 amide bonds. The molecule has 3 rings (SSSR count). The number of rotatable bonds is 7. The molecular formula is C22H36Cl2N4O2. The highest BCUT2D eigenvalue weighted by Gasteiger charge is 2.25. The molecule has 2 fully saturated rings. The minimum Gasteiger partial charge on any atom is -0.353 e. The lowest BCUT2D eigenvalue weighted by atomic mass is 9.84. The van der Waals surface area contributed by atoms with E-state index in [0.29, 0.717) is 24.8 Å². The maximum absolute atomic E-state index is 12.4. The highest BCUT2D eigenvalue weighted by molar-refractivity contribution is 5.92. The molecule has 170 valence electrons. The molecule has 2 heterocycles. The number of para-hydroxylation sites is 1. The molecule has 0 bridgehead atoms. The average Bonchev–Trinajstić information content (AvgIpc) is 2.71. The van der Waals surface area contributed by atoms with Crippen molar-refractivity contribution in [3.05, 3.63) is 30.3 Å². The van der Waals surface area contributed by atoms with Crippen LogP contribution in [0.5, 0.6) is 0 Å². The fourth-order valence-corrected chi connectivity index (χ4v) is 4.32. The van der Waals surface area contributed by atoms with E-state index >= 15 is 0 Å². The van der Waals surface area contributed by atoms with Gasteiger partial charge >= 0.3 is 0 Å². The first-order valence-corrected chi connectivity index (χ1v) is 10.7. The van der Waals surface area contributed by atoms with E-state index in [9.17, 15) is 9.59 Å². The summed E-state index contributed by atoms with van der Waals surface area (Å²) in [5.41, 5.74) is 0.831. The van der Waals surface area contributed by atoms with Crippen LogP contribution in [0.3, 0.4) is 0 Å². The minimum absolute atomic E-state index is 0. The van der Waals surface area contributed by atoms with Crippen LogP contribution in [-0.4, -0.2) is 55.5 Å². The lowest BCUT2D eigenvalue weighted by molar-refractivity contribution is -0.124. The van der Waals surface area contributed by atoms with Crippen molar-refractivity contribution in [2.45, 2.75) is 45.1 Å². The van der Waals surface area contributed by atoms with Crippen LogP contribution in [0, 0.1) is 11.8 Å². The van der Waals surface area contributed by atoms with Crippen molar-refractivity contribution in [2.75, 3.05) is 38.0 Å². The van der Waals surface area contributed by atoms with Gasteiger partial charge in [0.2, 0.25) is 11.8 Å². The maximum Gasteiger partial charge on any atom is 0.238 e. The second kappa shape index (κ2) is 13.9. The predicted molar refractivity (Wildman–Crippen MR) is 127 cm³/mol. The summed E-state index contributed by atoms with van der Waals surface area (Å²) < 4.78 is 0. The highest BCUT2D eigenvalue weighted by Crippen LogP contribution is 2.24. The van der Waals surface area contributed by atoms with Crippen LogP contribution >= 0.6 is 24.8 Å². The second-order valence-electron chi connectivity index (χ2n) is 8.30. The second-order valence-corrected chi connectivity index (χ2v) is 8.30. The Labute approximate surface area is 192 Å². The third-order valence-electron chi connectivity index (χ3n) is 6.07. The van der Waals surface area contributed by atoms with Crippen LogP contribution in [0.4, 0.5) is 5.69 Å². The zero-order chi connectivity index (χ0) is 19.8. The van der Waals surface area contributed by atoms with E-state index in [2.05, 4.69) is 27.8 Å². The van der Waals surface area contributed by atoms with Gasteiger partial charge in [0.15, 0.2) is 0 Å². The summed E-state index contributed by atoms with van der Waals surface area (Å²) in [5.74, 6) is 1.32. The molecule has 1 aromatic carbocycles. The molecule has 1 atom stereocenters. The molecule has 0 aliphatic carbocycles. The first-order valence-electron chi connectivity index (χ1n) is 10.7. The summed E-state index contributed by atoms with van der Waals surface area (Å²) in [5, 5.41) is 9.54. The molecule has 0 spiro atoms. The number of halogens is 2. The van der Waals surface area contributed by atoms with E-state index in [0.717, 1.165) is 44.7 Å². The first kappa shape index (κ1) is 26.7. The van der Waals surface area contributed by atoms with Crippen LogP contribution < -0.4 is 16.0 Å². The number of anilines is 1. The van der Waals surface area contributed by atoms with Crippen molar-refractivity contribution in [2.24, 2.45) is 11.8 Å². The average molecular weight is 459 g/mol. The van der Waals surface area contributed by atoms with Gasteiger partial charge in [-0.2, -0.15) is 0 Å². The van der Waals surface area contributed by atoms with Crippen LogP contribution in [0.2, 0.25) is 0 Å². The van der Waals surface area contributed by atoms with Gasteiger partial charge in [0, 0.05) is 31.2 Å². The van der Waals surface area contributed by atoms with Crippen molar-refractivity contribution >= 4 is 42.3 Å². The number of hydrogen-bond acceptors (Lipinski definition) is 4. The molecule has 0 saturated carbocycles. The molecule has 2 aliphatic heterocycles. The van der Waals surface area contributed by atoms with Gasteiger partial charge in [-0.1, -0.05) is 25.1 Å². The Morgan fingerprint density at radius 3 is 2.30 bits per heavy atom. The van der Waals surface area contributed by atoms with Crippen LogP contribution in [0.25, 0.3) is 0 Å². The standard InChI is InChI=1S/C22H34N4O2.2ClH/c1-17(18-7-11-23-12-8-18)15-21(27)24-20-9-13-26(14-10-20)16-22(28)25-19-5-3-2-4-6-19;;/h2-6,17-18,20,23H,7-16H2,1H3,(H,24,27)(H,25,28);2*1H. The Kier molecular flexibility index (Phi) is 12.3. The number of hydrogen-bond donors (Lipinski definition) is 3. The molecular weight excluding hydrogens is 423 g/mol. The minimum atomic E-state index is 0. The van der Waals surface area contributed by atoms with E-state index in [4.69, 9.17) is 0 Å². The Balaban J connectivity index is 0.00000225. The Morgan fingerprint density at radius 1 is 1.03 bits per heavy atom. The van der Waals surface area contributed by atoms with Crippen molar-refractivity contribution in [3.63, 3.8) is 0 Å². The van der Waals surface area contributed by atoms with Gasteiger partial charge < -0.3 is 16.0 Å². The molecule has 3 N–H and O–H groups in total. The van der Waals surface area contributed by atoms with Gasteiger partial charge in [0.25, 0.3) is 0 Å². The Morgan fingerprint density at radius 2 is 1.67 bits per heavy atom. The summed E-state index contributed by atoms with van der Waals surface area (Å²) in [6.07, 6.45) is 4.80. The summed E-state index contributed by atoms with van der Waals surface area (Å²) in [4.78, 5) is 26.8. The summed E-state index contributed by atoms with van der Waals surface area (Å²) in [7, 11) is 0. The molecule has 0 radical (unpaired) electrons. The molecule has 0 aromatic heterocycles. The predicted octanol–water partition coefficient (Wildman–Crippen LogP) is 3.08. The summed E-state index contributed by atoms with van der Waals surface area (Å²) in [6.45, 7) is 6.46. The van der Waals surface area contributed by atoms with Crippen LogP contribution in [0.1, 0.15) is 39.0 Å². The number of likely N-dealkylation sites (tertiary alicyclic amines) is 1. The zero-order valence-electron chi connectivity index (χ0n) is 17.8. The highest BCUT2D eigenvalue weighted by atomic mass is 35.5. The van der Waals surface area contributed by atoms with Crippen molar-refractivity contribution in [3.8, 4) is 0 Å². The molecule has 2 aliphatic rings. The van der Waals surface area contributed by atoms with Crippen LogP contribution in [-0.2, 0) is 9.59 Å². The zero-order valence-corrected chi connectivity index (χ0v) is 19.4. The van der Waals surface area contributed by atoms with Gasteiger partial charge in [0.05, 0.1) is 6.54 Å². The Bertz CT molecular complexity index is 633. The third kappa shape index (κ3) is 8.80. The number of nitrogens with one attached hydrogen (secondary N) is 3. The molecule has 30 heavy (non-hydrogen) atoms. The number of piperidine rings is 2. The number of nitrogens with zero attached hydrogens (tertiary/aromatic N) is 1. The fraction of sp³-hybridized carbons (Fsp3) is 0.636. The van der Waals surface area contributed by atoms with Crippen molar-refractivity contribution in [1.29, 1.82) is 0 Å². The lowest BCUT2D eigenvalue weighted by Gasteiger charge is -2.32. The maximum atomic E-state index is 12.4. The molecule has 6 nitrogen and oxygen atoms in total. The van der Waals surface area contributed by atoms with E-state index in [-0.39, 0.29) is 42.7 Å². The first-order chi connectivity index (χ1) is 13.6. The number of amides is 2. The fourth-order valence-electron chi connectivity index (χ4n) is 4.32. The largest absolute Gasteiger partial charge is 0.353 e. The Hall–Kier alpha value is -1.34. The van der Waals surface area contributed by atoms with Gasteiger partial charge in [-0.05, 0) is 62.7 Å². The third-order valence-corrected chi connectivity index (χ3v) is 6.07. The van der Waals surface area contributed by atoms with Crippen molar-refractivity contribution in [1.82, 2.24) is 15.5 Å². The molecule has 1 unspecified atom stereocenters. The van der Waals surface area contributed by atoms with E-state index in [1.54, 1.807) is 0 Å². The SMILES string of the molecule is CC(CC(=O)NC1CCN(CC(=O)Nc2ccccc2)CC1)C1CCNCC1.Cl.Cl. The topological polar surface area (TPSA) is 73.5 Å². The van der Waals surface area contributed by atoms with Gasteiger partial charge in [0.1, 0.15) is 0 Å². The molecule has 1 aromatic rings. The van der Waals surface area contributed by atoms with Gasteiger partial charge in [-0.25, -0.2) is 0 Å². The lowest BCUT2D eigenvalue weighted by Crippen LogP contribution is -2.47. The number of carbonyl (C=O) groups excluding carboxylic acids is 2. The van der Waals surface area contributed by atoms with E-state index in [1.807, 2.05) is 30.3 Å². The summed E-state index contributed by atoms with van der Waals surface area (Å²) in [6, 6.07) is 9.78. The molecule has 2 saturated heterocycles. The van der Waals surface area contributed by atoms with Crippen LogP contribution in [0.15, 0.2) is 30.3 Å². The van der Waals surface area contributed by atoms with E-state index < -0.39 is 0 Å². The number of benzene rings is 1. The quantitative estimate of drug-likeness (QED) is 0.586. The van der Waals surface area contributed by atoms with Gasteiger partial charge in [-0.3, -0.25) is 14.5 Å². The molecule has 8 heteroatoms.